The molecule has 1 aromatic heterocycles. The molecule has 0 bridgehead atoms. The molecular weight excluding hydrogens is 388 g/mol. The van der Waals surface area contributed by atoms with Crippen molar-refractivity contribution < 1.29 is 13.2 Å². The lowest BCUT2D eigenvalue weighted by atomic mass is 10.1. The first-order valence-corrected chi connectivity index (χ1v) is 10.7. The summed E-state index contributed by atoms with van der Waals surface area (Å²) in [6, 6.07) is 6.02. The second-order valence-electron chi connectivity index (χ2n) is 6.83. The first-order chi connectivity index (χ1) is 12.7. The lowest BCUT2D eigenvalue weighted by molar-refractivity contribution is -0.124. The Morgan fingerprint density at radius 2 is 2.11 bits per heavy atom. The van der Waals surface area contributed by atoms with Gasteiger partial charge in [0.15, 0.2) is 9.84 Å². The van der Waals surface area contributed by atoms with Gasteiger partial charge in [0.05, 0.1) is 40.6 Å². The highest BCUT2D eigenvalue weighted by Gasteiger charge is 2.32. The molecule has 0 spiro atoms. The fourth-order valence-corrected chi connectivity index (χ4v) is 5.07. The summed E-state index contributed by atoms with van der Waals surface area (Å²) in [5.41, 5.74) is 6.67. The first-order valence-electron chi connectivity index (χ1n) is 8.54. The van der Waals surface area contributed by atoms with Crippen LogP contribution in [0, 0.1) is 26.7 Å². The minimum absolute atomic E-state index is 0.0440. The molecule has 0 unspecified atom stereocenters. The number of carbonyl (C=O) groups excluding carboxylic acids is 1. The maximum atomic E-state index is 12.1. The van der Waals surface area contributed by atoms with E-state index in [0.29, 0.717) is 22.8 Å². The number of carbonyl (C=O) groups is 1. The molecule has 0 radical (unpaired) electrons. The molecule has 27 heavy (non-hydrogen) atoms. The highest BCUT2D eigenvalue weighted by molar-refractivity contribution is 7.91. The quantitative estimate of drug-likeness (QED) is 0.620. The Morgan fingerprint density at radius 1 is 1.37 bits per heavy atom. The van der Waals surface area contributed by atoms with E-state index in [2.05, 4.69) is 15.6 Å². The maximum Gasteiger partial charge on any atom is 0.244 e. The Balaban J connectivity index is 1.78. The molecule has 9 heteroatoms. The summed E-state index contributed by atoms with van der Waals surface area (Å²) in [5.74, 6) is -1.04. The van der Waals surface area contributed by atoms with Gasteiger partial charge in [0.1, 0.15) is 5.15 Å². The molecule has 2 heterocycles. The van der Waals surface area contributed by atoms with Gasteiger partial charge in [-0.3, -0.25) is 4.79 Å². The van der Waals surface area contributed by atoms with E-state index >= 15 is 0 Å². The zero-order valence-electron chi connectivity index (χ0n) is 15.4. The third kappa shape index (κ3) is 4.22. The van der Waals surface area contributed by atoms with Crippen molar-refractivity contribution >= 4 is 33.6 Å². The van der Waals surface area contributed by atoms with Gasteiger partial charge in [-0.1, -0.05) is 23.7 Å². The fourth-order valence-electron chi connectivity index (χ4n) is 3.02. The number of aryl methyl sites for hydroxylation is 3. The molecule has 1 aliphatic rings. The van der Waals surface area contributed by atoms with Crippen LogP contribution in [0.2, 0.25) is 5.15 Å². The minimum Gasteiger partial charge on any atom is -0.273 e. The molecule has 1 aliphatic heterocycles. The number of hydrogen-bond donors (Lipinski definition) is 1. The predicted octanol–water partition coefficient (Wildman–Crippen LogP) is 2.34. The molecule has 1 saturated heterocycles. The zero-order chi connectivity index (χ0) is 19.8. The lowest BCUT2D eigenvalue weighted by Crippen LogP contribution is -2.27. The highest BCUT2D eigenvalue weighted by Crippen LogP contribution is 2.25. The number of nitrogens with zero attached hydrogens (tertiary/aromatic N) is 3. The van der Waals surface area contributed by atoms with E-state index in [4.69, 9.17) is 11.6 Å². The second-order valence-corrected chi connectivity index (χ2v) is 9.41. The molecule has 0 aliphatic carbocycles. The molecule has 1 atom stereocenters. The van der Waals surface area contributed by atoms with E-state index in [9.17, 15) is 13.2 Å². The summed E-state index contributed by atoms with van der Waals surface area (Å²) in [4.78, 5) is 12.1. The van der Waals surface area contributed by atoms with Crippen molar-refractivity contribution in [1.29, 1.82) is 0 Å². The minimum atomic E-state index is -3.11. The SMILES string of the molecule is Cc1ccc(C)c(-n2nc(C)c(/C=N\NC(=O)[C@@H]3CCS(=O)(=O)C3)c2Cl)c1. The van der Waals surface area contributed by atoms with Gasteiger partial charge in [-0.05, 0) is 44.4 Å². The molecule has 2 aromatic rings. The van der Waals surface area contributed by atoms with Crippen molar-refractivity contribution in [3.8, 4) is 5.69 Å². The van der Waals surface area contributed by atoms with Crippen molar-refractivity contribution in [3.63, 3.8) is 0 Å². The average molecular weight is 409 g/mol. The van der Waals surface area contributed by atoms with Crippen LogP contribution < -0.4 is 5.43 Å². The largest absolute Gasteiger partial charge is 0.273 e. The van der Waals surface area contributed by atoms with Crippen molar-refractivity contribution in [3.05, 3.63) is 45.7 Å². The van der Waals surface area contributed by atoms with Crippen LogP contribution in [-0.4, -0.2) is 41.8 Å². The smallest absolute Gasteiger partial charge is 0.244 e. The van der Waals surface area contributed by atoms with Crippen molar-refractivity contribution in [2.75, 3.05) is 11.5 Å². The normalized spacial score (nSPS) is 18.9. The molecule has 0 saturated carbocycles. The van der Waals surface area contributed by atoms with Gasteiger partial charge in [-0.25, -0.2) is 18.5 Å². The molecule has 3 rings (SSSR count). The Labute approximate surface area is 163 Å². The van der Waals surface area contributed by atoms with Gasteiger partial charge in [0.2, 0.25) is 5.91 Å². The fraction of sp³-hybridized carbons (Fsp3) is 0.389. The summed E-state index contributed by atoms with van der Waals surface area (Å²) in [6.45, 7) is 5.78. The van der Waals surface area contributed by atoms with Gasteiger partial charge in [-0.2, -0.15) is 10.2 Å². The predicted molar refractivity (Wildman–Crippen MR) is 105 cm³/mol. The topological polar surface area (TPSA) is 93.4 Å². The molecule has 1 aromatic carbocycles. The number of hydrazone groups is 1. The van der Waals surface area contributed by atoms with E-state index in [1.807, 2.05) is 32.0 Å². The van der Waals surface area contributed by atoms with Crippen LogP contribution in [-0.2, 0) is 14.6 Å². The number of amides is 1. The average Bonchev–Trinajstić information content (AvgIpc) is 3.10. The van der Waals surface area contributed by atoms with E-state index in [-0.39, 0.29) is 11.5 Å². The Morgan fingerprint density at radius 3 is 2.78 bits per heavy atom. The molecule has 1 N–H and O–H groups in total. The zero-order valence-corrected chi connectivity index (χ0v) is 16.9. The first kappa shape index (κ1) is 19.6. The summed E-state index contributed by atoms with van der Waals surface area (Å²) in [5, 5.41) is 8.81. The highest BCUT2D eigenvalue weighted by atomic mass is 35.5. The van der Waals surface area contributed by atoms with Gasteiger partial charge >= 0.3 is 0 Å². The van der Waals surface area contributed by atoms with Crippen LogP contribution in [0.4, 0.5) is 0 Å². The van der Waals surface area contributed by atoms with Crippen LogP contribution in [0.5, 0.6) is 0 Å². The van der Waals surface area contributed by atoms with Crippen molar-refractivity contribution in [2.24, 2.45) is 11.0 Å². The lowest BCUT2D eigenvalue weighted by Gasteiger charge is -2.08. The summed E-state index contributed by atoms with van der Waals surface area (Å²) in [7, 11) is -3.11. The number of sulfone groups is 1. The van der Waals surface area contributed by atoms with Gasteiger partial charge in [0.25, 0.3) is 0 Å². The summed E-state index contributed by atoms with van der Waals surface area (Å²) in [6.07, 6.45) is 1.77. The van der Waals surface area contributed by atoms with Crippen molar-refractivity contribution in [2.45, 2.75) is 27.2 Å². The number of benzene rings is 1. The Kier molecular flexibility index (Phi) is 5.39. The van der Waals surface area contributed by atoms with E-state index in [1.165, 1.54) is 6.21 Å². The van der Waals surface area contributed by atoms with E-state index in [0.717, 1.165) is 16.8 Å². The molecule has 1 amide bonds. The molecule has 144 valence electrons. The maximum absolute atomic E-state index is 12.1. The van der Waals surface area contributed by atoms with Crippen LogP contribution >= 0.6 is 11.6 Å². The third-order valence-corrected chi connectivity index (χ3v) is 6.74. The van der Waals surface area contributed by atoms with Crippen LogP contribution in [0.1, 0.15) is 28.8 Å². The number of rotatable bonds is 4. The van der Waals surface area contributed by atoms with Gasteiger partial charge in [-0.15, -0.1) is 0 Å². The molecular formula is C18H21ClN4O3S. The van der Waals surface area contributed by atoms with Crippen LogP contribution in [0.15, 0.2) is 23.3 Å². The summed E-state index contributed by atoms with van der Waals surface area (Å²) >= 11 is 6.49. The monoisotopic (exact) mass is 408 g/mol. The Bertz CT molecular complexity index is 1030. The number of aromatic nitrogens is 2. The van der Waals surface area contributed by atoms with Crippen LogP contribution in [0.3, 0.4) is 0 Å². The Hall–Kier alpha value is -2.19. The molecule has 7 nitrogen and oxygen atoms in total. The number of hydrogen-bond acceptors (Lipinski definition) is 5. The van der Waals surface area contributed by atoms with E-state index in [1.54, 1.807) is 11.6 Å². The van der Waals surface area contributed by atoms with Gasteiger partial charge in [0, 0.05) is 0 Å². The van der Waals surface area contributed by atoms with Crippen LogP contribution in [0.25, 0.3) is 5.69 Å². The second kappa shape index (κ2) is 7.44. The number of halogens is 1. The third-order valence-electron chi connectivity index (χ3n) is 4.61. The van der Waals surface area contributed by atoms with Crippen molar-refractivity contribution in [1.82, 2.24) is 15.2 Å². The number of nitrogens with one attached hydrogen (secondary N) is 1. The van der Waals surface area contributed by atoms with Gasteiger partial charge < -0.3 is 0 Å². The standard InChI is InChI=1S/C18H21ClN4O3S/c1-11-4-5-12(2)16(8-11)23-17(19)15(13(3)22-23)9-20-21-18(24)14-6-7-27(25,26)10-14/h4-5,8-9,14H,6-7,10H2,1-3H3,(H,21,24)/b20-9-/t14-/m1/s1. The van der Waals surface area contributed by atoms with E-state index < -0.39 is 21.7 Å². The summed E-state index contributed by atoms with van der Waals surface area (Å²) < 4.78 is 24.6. The molecule has 1 fully saturated rings.